The van der Waals surface area contributed by atoms with Crippen molar-refractivity contribution in [2.75, 3.05) is 24.5 Å². The number of anilines is 2. The van der Waals surface area contributed by atoms with Crippen LogP contribution in [0.1, 0.15) is 21.7 Å². The van der Waals surface area contributed by atoms with Crippen LogP contribution < -0.4 is 24.8 Å². The van der Waals surface area contributed by atoms with Gasteiger partial charge in [0.05, 0.1) is 12.8 Å². The van der Waals surface area contributed by atoms with Crippen molar-refractivity contribution in [2.45, 2.75) is 13.5 Å². The molecule has 148 valence electrons. The number of carbonyl (C=O) groups excluding carboxylic acids is 1. The molecule has 1 aliphatic rings. The van der Waals surface area contributed by atoms with Gasteiger partial charge in [0.2, 0.25) is 12.7 Å². The summed E-state index contributed by atoms with van der Waals surface area (Å²) >= 11 is 0. The molecule has 1 amide bonds. The Bertz CT molecular complexity index is 1050. The lowest BCUT2D eigenvalue weighted by Gasteiger charge is -2.11. The molecule has 4 rings (SSSR count). The van der Waals surface area contributed by atoms with E-state index in [-0.39, 0.29) is 18.4 Å². The highest BCUT2D eigenvalue weighted by Gasteiger charge is 2.15. The standard InChI is InChI=1S/C21H20N4O4/c1-13-9-16(20(26)24-15-5-3-4-6-17(15)27-2)25-21(23-13)22-11-14-7-8-18-19(10-14)29-12-28-18/h3-10H,11-12H2,1-2H3,(H,24,26)(H,22,23,25). The van der Waals surface area contributed by atoms with E-state index in [0.717, 1.165) is 11.3 Å². The summed E-state index contributed by atoms with van der Waals surface area (Å²) in [6.07, 6.45) is 0. The van der Waals surface area contributed by atoms with Crippen LogP contribution in [0, 0.1) is 6.92 Å². The molecule has 3 aromatic rings. The van der Waals surface area contributed by atoms with Gasteiger partial charge in [-0.25, -0.2) is 9.97 Å². The molecule has 8 nitrogen and oxygen atoms in total. The first-order valence-corrected chi connectivity index (χ1v) is 9.05. The second-order valence-corrected chi connectivity index (χ2v) is 6.41. The molecule has 2 N–H and O–H groups in total. The van der Waals surface area contributed by atoms with Gasteiger partial charge in [0.25, 0.3) is 5.91 Å². The quantitative estimate of drug-likeness (QED) is 0.664. The van der Waals surface area contributed by atoms with Crippen LogP contribution in [0.25, 0.3) is 0 Å². The Hall–Kier alpha value is -3.81. The normalized spacial score (nSPS) is 11.8. The first kappa shape index (κ1) is 18.5. The fourth-order valence-corrected chi connectivity index (χ4v) is 2.93. The number of rotatable bonds is 6. The summed E-state index contributed by atoms with van der Waals surface area (Å²) in [5.74, 6) is 2.05. The van der Waals surface area contributed by atoms with Crippen LogP contribution in [0.5, 0.6) is 17.2 Å². The van der Waals surface area contributed by atoms with Crippen LogP contribution in [-0.4, -0.2) is 29.8 Å². The Labute approximate surface area is 167 Å². The van der Waals surface area contributed by atoms with E-state index in [4.69, 9.17) is 14.2 Å². The van der Waals surface area contributed by atoms with Crippen molar-refractivity contribution < 1.29 is 19.0 Å². The average molecular weight is 392 g/mol. The molecular weight excluding hydrogens is 372 g/mol. The van der Waals surface area contributed by atoms with Gasteiger partial charge in [-0.15, -0.1) is 0 Å². The van der Waals surface area contributed by atoms with Gasteiger partial charge in [-0.1, -0.05) is 18.2 Å². The number of aryl methyl sites for hydroxylation is 1. The zero-order valence-corrected chi connectivity index (χ0v) is 16.1. The van der Waals surface area contributed by atoms with Crippen LogP contribution >= 0.6 is 0 Å². The van der Waals surface area contributed by atoms with Crippen molar-refractivity contribution in [1.82, 2.24) is 9.97 Å². The second kappa shape index (κ2) is 8.05. The number of fused-ring (bicyclic) bond motifs is 1. The number of carbonyl (C=O) groups is 1. The molecule has 1 aliphatic heterocycles. The lowest BCUT2D eigenvalue weighted by molar-refractivity contribution is 0.102. The van der Waals surface area contributed by atoms with E-state index in [1.807, 2.05) is 37.3 Å². The van der Waals surface area contributed by atoms with Gasteiger partial charge in [-0.05, 0) is 42.8 Å². The highest BCUT2D eigenvalue weighted by Crippen LogP contribution is 2.32. The Morgan fingerprint density at radius 2 is 1.93 bits per heavy atom. The molecular formula is C21H20N4O4. The number of aromatic nitrogens is 2. The minimum Gasteiger partial charge on any atom is -0.495 e. The first-order valence-electron chi connectivity index (χ1n) is 9.05. The molecule has 2 aromatic carbocycles. The smallest absolute Gasteiger partial charge is 0.274 e. The van der Waals surface area contributed by atoms with E-state index in [0.29, 0.717) is 35.4 Å². The van der Waals surface area contributed by atoms with Gasteiger partial charge in [0.1, 0.15) is 11.4 Å². The van der Waals surface area contributed by atoms with Gasteiger partial charge in [-0.3, -0.25) is 4.79 Å². The van der Waals surface area contributed by atoms with E-state index in [1.54, 1.807) is 25.3 Å². The van der Waals surface area contributed by atoms with Crippen LogP contribution in [-0.2, 0) is 6.54 Å². The van der Waals surface area contributed by atoms with Crippen molar-refractivity contribution in [2.24, 2.45) is 0 Å². The minimum absolute atomic E-state index is 0.234. The molecule has 0 saturated carbocycles. The van der Waals surface area contributed by atoms with Crippen LogP contribution in [0.3, 0.4) is 0 Å². The third kappa shape index (κ3) is 4.21. The predicted octanol–water partition coefficient (Wildman–Crippen LogP) is 3.39. The van der Waals surface area contributed by atoms with Crippen molar-refractivity contribution >= 4 is 17.5 Å². The highest BCUT2D eigenvalue weighted by atomic mass is 16.7. The third-order valence-electron chi connectivity index (χ3n) is 4.33. The van der Waals surface area contributed by atoms with E-state index in [2.05, 4.69) is 20.6 Å². The summed E-state index contributed by atoms with van der Waals surface area (Å²) in [4.78, 5) is 21.4. The van der Waals surface area contributed by atoms with Gasteiger partial charge >= 0.3 is 0 Å². The molecule has 0 atom stereocenters. The largest absolute Gasteiger partial charge is 0.495 e. The molecule has 0 saturated heterocycles. The molecule has 0 bridgehead atoms. The number of ether oxygens (including phenoxy) is 3. The Balaban J connectivity index is 1.47. The summed E-state index contributed by atoms with van der Waals surface area (Å²) in [7, 11) is 1.55. The molecule has 0 radical (unpaired) electrons. The van der Waals surface area contributed by atoms with Gasteiger partial charge in [0.15, 0.2) is 11.5 Å². The number of benzene rings is 2. The maximum atomic E-state index is 12.7. The number of para-hydroxylation sites is 2. The van der Waals surface area contributed by atoms with Crippen molar-refractivity contribution in [3.05, 3.63) is 65.5 Å². The van der Waals surface area contributed by atoms with Crippen molar-refractivity contribution in [3.63, 3.8) is 0 Å². The molecule has 0 aliphatic carbocycles. The summed E-state index contributed by atoms with van der Waals surface area (Å²) in [6.45, 7) is 2.53. The summed E-state index contributed by atoms with van der Waals surface area (Å²) < 4.78 is 16.0. The zero-order chi connectivity index (χ0) is 20.2. The SMILES string of the molecule is COc1ccccc1NC(=O)c1cc(C)nc(NCc2ccc3c(c2)OCO3)n1. The topological polar surface area (TPSA) is 94.6 Å². The van der Waals surface area contributed by atoms with Crippen molar-refractivity contribution in [1.29, 1.82) is 0 Å². The monoisotopic (exact) mass is 392 g/mol. The molecule has 0 fully saturated rings. The Kier molecular flexibility index (Phi) is 5.15. The number of amides is 1. The number of hydrogen-bond donors (Lipinski definition) is 2. The van der Waals surface area contributed by atoms with Gasteiger partial charge in [0, 0.05) is 12.2 Å². The molecule has 8 heteroatoms. The summed E-state index contributed by atoms with van der Waals surface area (Å²) in [5.41, 5.74) is 2.50. The van der Waals surface area contributed by atoms with Crippen LogP contribution in [0.2, 0.25) is 0 Å². The van der Waals surface area contributed by atoms with E-state index < -0.39 is 0 Å². The Morgan fingerprint density at radius 3 is 2.79 bits per heavy atom. The fourth-order valence-electron chi connectivity index (χ4n) is 2.93. The minimum atomic E-state index is -0.342. The van der Waals surface area contributed by atoms with Gasteiger partial charge in [-0.2, -0.15) is 0 Å². The lowest BCUT2D eigenvalue weighted by Crippen LogP contribution is -2.16. The van der Waals surface area contributed by atoms with Crippen molar-refractivity contribution in [3.8, 4) is 17.2 Å². The third-order valence-corrected chi connectivity index (χ3v) is 4.33. The first-order chi connectivity index (χ1) is 14.1. The number of nitrogens with zero attached hydrogens (tertiary/aromatic N) is 2. The average Bonchev–Trinajstić information content (AvgIpc) is 3.20. The van der Waals surface area contributed by atoms with E-state index in [1.165, 1.54) is 0 Å². The molecule has 0 spiro atoms. The number of methoxy groups -OCH3 is 1. The maximum absolute atomic E-state index is 12.7. The van der Waals surface area contributed by atoms with E-state index in [9.17, 15) is 4.79 Å². The number of nitrogens with one attached hydrogen (secondary N) is 2. The van der Waals surface area contributed by atoms with Gasteiger partial charge < -0.3 is 24.8 Å². The number of hydrogen-bond acceptors (Lipinski definition) is 7. The molecule has 29 heavy (non-hydrogen) atoms. The molecule has 1 aromatic heterocycles. The second-order valence-electron chi connectivity index (χ2n) is 6.41. The van der Waals surface area contributed by atoms with Crippen LogP contribution in [0.15, 0.2) is 48.5 Å². The van der Waals surface area contributed by atoms with E-state index >= 15 is 0 Å². The fraction of sp³-hybridized carbons (Fsp3) is 0.190. The summed E-state index contributed by atoms with van der Waals surface area (Å²) in [6, 6.07) is 14.5. The van der Waals surface area contributed by atoms with Crippen LogP contribution in [0.4, 0.5) is 11.6 Å². The molecule has 2 heterocycles. The zero-order valence-electron chi connectivity index (χ0n) is 16.1. The highest BCUT2D eigenvalue weighted by molar-refractivity contribution is 6.03. The Morgan fingerprint density at radius 1 is 1.10 bits per heavy atom. The summed E-state index contributed by atoms with van der Waals surface area (Å²) in [5, 5.41) is 5.97. The molecule has 0 unspecified atom stereocenters. The lowest BCUT2D eigenvalue weighted by atomic mass is 10.2. The predicted molar refractivity (Wildman–Crippen MR) is 108 cm³/mol. The maximum Gasteiger partial charge on any atom is 0.274 e.